The monoisotopic (exact) mass is 441 g/mol. The van der Waals surface area contributed by atoms with Gasteiger partial charge >= 0.3 is 6.09 Å². The summed E-state index contributed by atoms with van der Waals surface area (Å²) in [6, 6.07) is 0. The average molecular weight is 441 g/mol. The lowest BCUT2D eigenvalue weighted by molar-refractivity contribution is 0.0527. The maximum atomic E-state index is 11.4. The lowest BCUT2D eigenvalue weighted by atomic mass is 10.2. The van der Waals surface area contributed by atoms with E-state index in [1.54, 1.807) is 9.12 Å². The van der Waals surface area contributed by atoms with E-state index in [0.29, 0.717) is 6.54 Å². The van der Waals surface area contributed by atoms with Crippen LogP contribution in [0, 0.1) is 6.92 Å². The highest BCUT2D eigenvalue weighted by Gasteiger charge is 2.15. The van der Waals surface area contributed by atoms with E-state index in [4.69, 9.17) is 4.74 Å². The Hall–Kier alpha value is -0.440. The van der Waals surface area contributed by atoms with Gasteiger partial charge in [-0.1, -0.05) is 13.8 Å². The van der Waals surface area contributed by atoms with Crippen LogP contribution in [0.25, 0.3) is 0 Å². The molecule has 0 aliphatic rings. The lowest BCUT2D eigenvalue weighted by Gasteiger charge is -2.19. The molecular formula is C15H28IN3O2S. The predicted octanol–water partition coefficient (Wildman–Crippen LogP) is 4.91. The van der Waals surface area contributed by atoms with Crippen LogP contribution < -0.4 is 5.32 Å². The van der Waals surface area contributed by atoms with Crippen LogP contribution >= 0.6 is 30.3 Å². The Morgan fingerprint density at radius 3 is 2.59 bits per heavy atom. The SMILES string of the molecule is CC.Cc1cn(SI)c(CCCCNC(=O)OC(C)(C)C)n1. The first kappa shape index (κ1) is 21.6. The van der Waals surface area contributed by atoms with Crippen molar-refractivity contribution in [3.05, 3.63) is 17.7 Å². The fourth-order valence-electron chi connectivity index (χ4n) is 1.66. The number of amides is 1. The number of hydrogen-bond donors (Lipinski definition) is 1. The summed E-state index contributed by atoms with van der Waals surface area (Å²) in [6.07, 6.45) is 4.50. The van der Waals surface area contributed by atoms with Gasteiger partial charge in [-0.2, -0.15) is 0 Å². The van der Waals surface area contributed by atoms with Crippen LogP contribution in [0.3, 0.4) is 0 Å². The highest BCUT2D eigenvalue weighted by molar-refractivity contribution is 14.2. The molecule has 0 saturated heterocycles. The van der Waals surface area contributed by atoms with Gasteiger partial charge in [0.1, 0.15) is 11.4 Å². The minimum atomic E-state index is -0.441. The molecule has 7 heteroatoms. The number of nitrogens with one attached hydrogen (secondary N) is 1. The maximum Gasteiger partial charge on any atom is 0.407 e. The van der Waals surface area contributed by atoms with Crippen molar-refractivity contribution in [1.29, 1.82) is 0 Å². The number of alkyl carbamates (subject to hydrolysis) is 1. The van der Waals surface area contributed by atoms with Crippen molar-refractivity contribution in [1.82, 2.24) is 14.3 Å². The first-order valence-corrected chi connectivity index (χ1v) is 10.9. The minimum absolute atomic E-state index is 0.349. The molecular weight excluding hydrogens is 413 g/mol. The number of carbonyl (C=O) groups is 1. The third-order valence-electron chi connectivity index (χ3n) is 2.43. The number of nitrogens with zero attached hydrogens (tertiary/aromatic N) is 2. The van der Waals surface area contributed by atoms with Crippen molar-refractivity contribution >= 4 is 36.4 Å². The molecule has 0 fully saturated rings. The van der Waals surface area contributed by atoms with Crippen LogP contribution in [-0.4, -0.2) is 27.2 Å². The number of hydrogen-bond acceptors (Lipinski definition) is 4. The zero-order valence-corrected chi connectivity index (χ0v) is 17.4. The normalized spacial score (nSPS) is 10.7. The molecule has 1 amide bonds. The molecule has 1 N–H and O–H groups in total. The standard InChI is InChI=1S/C13H22IN3O2S.C2H6/c1-10-9-17(20-14)11(16-10)7-5-6-8-15-12(18)19-13(2,3)4;1-2/h9H,5-8H2,1-4H3,(H,15,18);1-2H3. The summed E-state index contributed by atoms with van der Waals surface area (Å²) in [7, 11) is 1.63. The molecule has 0 radical (unpaired) electrons. The number of unbranched alkanes of at least 4 members (excludes halogenated alkanes) is 1. The van der Waals surface area contributed by atoms with E-state index in [2.05, 4.69) is 35.5 Å². The van der Waals surface area contributed by atoms with Gasteiger partial charge in [0, 0.05) is 49.5 Å². The molecule has 0 atom stereocenters. The van der Waals surface area contributed by atoms with E-state index in [-0.39, 0.29) is 6.09 Å². The molecule has 0 bridgehead atoms. The Bertz CT molecular complexity index is 444. The number of ether oxygens (including phenoxy) is 1. The Labute approximate surface area is 150 Å². The topological polar surface area (TPSA) is 56.2 Å². The molecule has 0 aromatic carbocycles. The average Bonchev–Trinajstić information content (AvgIpc) is 2.79. The van der Waals surface area contributed by atoms with Crippen molar-refractivity contribution in [3.63, 3.8) is 0 Å². The van der Waals surface area contributed by atoms with Crippen molar-refractivity contribution in [2.75, 3.05) is 6.54 Å². The molecule has 1 aromatic rings. The molecule has 0 spiro atoms. The largest absolute Gasteiger partial charge is 0.444 e. The van der Waals surface area contributed by atoms with Gasteiger partial charge in [0.2, 0.25) is 0 Å². The molecule has 0 aliphatic carbocycles. The van der Waals surface area contributed by atoms with Crippen LogP contribution in [0.4, 0.5) is 4.79 Å². The summed E-state index contributed by atoms with van der Waals surface area (Å²) >= 11 is 2.25. The van der Waals surface area contributed by atoms with Crippen LogP contribution in [0.2, 0.25) is 0 Å². The van der Waals surface area contributed by atoms with E-state index >= 15 is 0 Å². The molecule has 0 saturated carbocycles. The van der Waals surface area contributed by atoms with Gasteiger partial charge in [0.05, 0.1) is 5.69 Å². The van der Waals surface area contributed by atoms with Crippen molar-refractivity contribution in [2.45, 2.75) is 66.4 Å². The molecule has 1 aromatic heterocycles. The summed E-state index contributed by atoms with van der Waals surface area (Å²) in [4.78, 5) is 15.9. The lowest BCUT2D eigenvalue weighted by Crippen LogP contribution is -2.33. The number of aromatic nitrogens is 2. The Balaban J connectivity index is 0.00000211. The summed E-state index contributed by atoms with van der Waals surface area (Å²) in [5, 5.41) is 2.76. The minimum Gasteiger partial charge on any atom is -0.444 e. The van der Waals surface area contributed by atoms with E-state index in [9.17, 15) is 4.79 Å². The molecule has 1 heterocycles. The second kappa shape index (κ2) is 11.2. The first-order valence-electron chi connectivity index (χ1n) is 7.62. The zero-order chi connectivity index (χ0) is 17.2. The summed E-state index contributed by atoms with van der Waals surface area (Å²) in [5.74, 6) is 1.08. The molecule has 22 heavy (non-hydrogen) atoms. The van der Waals surface area contributed by atoms with E-state index in [1.165, 1.54) is 0 Å². The number of carbonyl (C=O) groups excluding carboxylic acids is 1. The molecule has 1 rings (SSSR count). The summed E-state index contributed by atoms with van der Waals surface area (Å²) in [6.45, 7) is 12.2. The van der Waals surface area contributed by atoms with E-state index in [1.807, 2.05) is 47.7 Å². The molecule has 0 aliphatic heterocycles. The molecule has 5 nitrogen and oxygen atoms in total. The third-order valence-corrected chi connectivity index (χ3v) is 4.17. The number of halogens is 1. The zero-order valence-electron chi connectivity index (χ0n) is 14.4. The number of rotatable bonds is 6. The number of aryl methyl sites for hydroxylation is 2. The van der Waals surface area contributed by atoms with Crippen LogP contribution in [0.15, 0.2) is 6.20 Å². The second-order valence-electron chi connectivity index (χ2n) is 5.58. The highest BCUT2D eigenvalue weighted by atomic mass is 127. The van der Waals surface area contributed by atoms with Gasteiger partial charge < -0.3 is 10.1 Å². The fourth-order valence-corrected chi connectivity index (χ4v) is 3.09. The van der Waals surface area contributed by atoms with Crippen LogP contribution in [0.1, 0.15) is 59.0 Å². The molecule has 128 valence electrons. The fraction of sp³-hybridized carbons (Fsp3) is 0.733. The number of imidazole rings is 1. The molecule has 0 unspecified atom stereocenters. The quantitative estimate of drug-likeness (QED) is 0.504. The Morgan fingerprint density at radius 1 is 1.41 bits per heavy atom. The van der Waals surface area contributed by atoms with Crippen LogP contribution in [0.5, 0.6) is 0 Å². The van der Waals surface area contributed by atoms with Gasteiger partial charge in [-0.25, -0.2) is 9.78 Å². The van der Waals surface area contributed by atoms with Crippen molar-refractivity contribution in [2.24, 2.45) is 0 Å². The summed E-state index contributed by atoms with van der Waals surface area (Å²) in [5.41, 5.74) is 0.597. The van der Waals surface area contributed by atoms with Crippen LogP contribution in [-0.2, 0) is 11.2 Å². The summed E-state index contributed by atoms with van der Waals surface area (Å²) < 4.78 is 7.25. The first-order chi connectivity index (χ1) is 10.3. The van der Waals surface area contributed by atoms with Crippen molar-refractivity contribution in [3.8, 4) is 0 Å². The van der Waals surface area contributed by atoms with Gasteiger partial charge in [0.15, 0.2) is 0 Å². The van der Waals surface area contributed by atoms with Gasteiger partial charge in [0.25, 0.3) is 0 Å². The van der Waals surface area contributed by atoms with Gasteiger partial charge in [-0.05, 0) is 40.5 Å². The van der Waals surface area contributed by atoms with E-state index < -0.39 is 5.60 Å². The third kappa shape index (κ3) is 9.55. The predicted molar refractivity (Wildman–Crippen MR) is 102 cm³/mol. The van der Waals surface area contributed by atoms with Gasteiger partial charge in [-0.15, -0.1) is 0 Å². The second-order valence-corrected chi connectivity index (χ2v) is 7.29. The van der Waals surface area contributed by atoms with Crippen molar-refractivity contribution < 1.29 is 9.53 Å². The maximum absolute atomic E-state index is 11.4. The Morgan fingerprint density at radius 2 is 2.05 bits per heavy atom. The van der Waals surface area contributed by atoms with Gasteiger partial charge in [-0.3, -0.25) is 3.97 Å². The smallest absolute Gasteiger partial charge is 0.407 e. The highest BCUT2D eigenvalue weighted by Crippen LogP contribution is 2.20. The van der Waals surface area contributed by atoms with E-state index in [0.717, 1.165) is 30.8 Å². The Kier molecular flexibility index (Phi) is 10.9.